The Kier molecular flexibility index (Phi) is 7.31. The molecule has 1 amide bonds. The molecule has 0 aromatic heterocycles. The Hall–Kier alpha value is -3.52. The summed E-state index contributed by atoms with van der Waals surface area (Å²) in [5.74, 6) is 0.000198. The number of anilines is 2. The molecule has 4 rings (SSSR count). The van der Waals surface area contributed by atoms with Crippen LogP contribution >= 0.6 is 0 Å². The average molecular weight is 475 g/mol. The Morgan fingerprint density at radius 1 is 1.26 bits per heavy atom. The zero-order valence-electron chi connectivity index (χ0n) is 21.2. The summed E-state index contributed by atoms with van der Waals surface area (Å²) in [6, 6.07) is 13.0. The summed E-state index contributed by atoms with van der Waals surface area (Å²) in [6.45, 7) is 10.6. The molecule has 0 saturated heterocycles. The van der Waals surface area contributed by atoms with Crippen LogP contribution in [0.3, 0.4) is 0 Å². The number of carbonyl (C=O) groups is 1. The Balaban J connectivity index is 1.46. The normalized spacial score (nSPS) is 20.5. The Labute approximate surface area is 207 Å². The van der Waals surface area contributed by atoms with Crippen molar-refractivity contribution in [3.05, 3.63) is 58.7 Å². The summed E-state index contributed by atoms with van der Waals surface area (Å²) in [4.78, 5) is 23.5. The second-order valence-electron chi connectivity index (χ2n) is 9.61. The summed E-state index contributed by atoms with van der Waals surface area (Å²) >= 11 is 0. The molecule has 0 aliphatic carbocycles. The number of amides is 1. The van der Waals surface area contributed by atoms with E-state index in [0.29, 0.717) is 19.1 Å². The summed E-state index contributed by atoms with van der Waals surface area (Å²) in [7, 11) is 1.56. The van der Waals surface area contributed by atoms with Crippen LogP contribution in [0.1, 0.15) is 36.1 Å². The van der Waals surface area contributed by atoms with Crippen molar-refractivity contribution >= 4 is 35.2 Å². The molecule has 2 aliphatic rings. The number of hydrogen-bond donors (Lipinski definition) is 2. The van der Waals surface area contributed by atoms with Crippen LogP contribution in [-0.2, 0) is 22.5 Å². The molecule has 2 heterocycles. The van der Waals surface area contributed by atoms with Crippen LogP contribution in [0.4, 0.5) is 11.4 Å². The minimum atomic E-state index is -0.388. The largest absolute Gasteiger partial charge is 0.467 e. The summed E-state index contributed by atoms with van der Waals surface area (Å²) < 4.78 is 5.09. The van der Waals surface area contributed by atoms with Crippen LogP contribution in [-0.4, -0.2) is 55.5 Å². The van der Waals surface area contributed by atoms with Gasteiger partial charge in [0, 0.05) is 30.7 Å². The van der Waals surface area contributed by atoms with E-state index in [-0.39, 0.29) is 11.3 Å². The second kappa shape index (κ2) is 10.4. The van der Waals surface area contributed by atoms with Crippen molar-refractivity contribution < 1.29 is 9.53 Å². The van der Waals surface area contributed by atoms with Crippen molar-refractivity contribution in [2.75, 3.05) is 37.5 Å². The average Bonchev–Trinajstić information content (AvgIpc) is 2.98. The van der Waals surface area contributed by atoms with E-state index in [1.165, 1.54) is 11.1 Å². The zero-order valence-corrected chi connectivity index (χ0v) is 21.2. The third-order valence-corrected chi connectivity index (χ3v) is 6.64. The Morgan fingerprint density at radius 3 is 2.80 bits per heavy atom. The third-order valence-electron chi connectivity index (χ3n) is 6.64. The number of rotatable bonds is 6. The molecule has 8 nitrogen and oxygen atoms in total. The first-order valence-electron chi connectivity index (χ1n) is 11.9. The minimum absolute atomic E-state index is 0.000198. The fourth-order valence-electron chi connectivity index (χ4n) is 4.25. The van der Waals surface area contributed by atoms with Crippen molar-refractivity contribution in [2.24, 2.45) is 20.5 Å². The van der Waals surface area contributed by atoms with E-state index >= 15 is 0 Å². The quantitative estimate of drug-likeness (QED) is 0.485. The number of methoxy groups -OCH3 is 1. The van der Waals surface area contributed by atoms with Gasteiger partial charge in [0.25, 0.3) is 0 Å². The van der Waals surface area contributed by atoms with Crippen LogP contribution in [0.25, 0.3) is 0 Å². The van der Waals surface area contributed by atoms with E-state index < -0.39 is 0 Å². The first-order valence-corrected chi connectivity index (χ1v) is 11.9. The van der Waals surface area contributed by atoms with Gasteiger partial charge in [-0.3, -0.25) is 15.1 Å². The number of aliphatic imine (C=N–C) groups is 2. The number of benzene rings is 2. The van der Waals surface area contributed by atoms with E-state index in [0.717, 1.165) is 47.7 Å². The van der Waals surface area contributed by atoms with E-state index in [2.05, 4.69) is 74.9 Å². The molecule has 0 fully saturated rings. The number of nitrogens with zero attached hydrogens (tertiary/aromatic N) is 4. The summed E-state index contributed by atoms with van der Waals surface area (Å²) in [6.07, 6.45) is 2.74. The van der Waals surface area contributed by atoms with Crippen molar-refractivity contribution in [1.29, 1.82) is 0 Å². The highest BCUT2D eigenvalue weighted by Gasteiger charge is 2.29. The van der Waals surface area contributed by atoms with E-state index in [9.17, 15) is 4.79 Å². The summed E-state index contributed by atoms with van der Waals surface area (Å²) in [5, 5.41) is 7.70. The maximum Gasteiger partial charge on any atom is 0.311 e. The maximum absolute atomic E-state index is 12.6. The van der Waals surface area contributed by atoms with E-state index in [1.807, 2.05) is 26.1 Å². The maximum atomic E-state index is 12.6. The van der Waals surface area contributed by atoms with Crippen molar-refractivity contribution in [3.63, 3.8) is 0 Å². The number of hydrogen-bond acceptors (Lipinski definition) is 7. The highest BCUT2D eigenvalue weighted by Crippen LogP contribution is 2.29. The molecule has 2 aromatic carbocycles. The molecule has 184 valence electrons. The Morgan fingerprint density at radius 2 is 2.09 bits per heavy atom. The standard InChI is InChI=1S/C27H34N6O2/c1-18-7-6-8-21(11-18)9-10-33-14-22-12-19(2)23(13-24(22)30-25(34)15-33)32-31-20(3)27(4)16-28-26(35-5)29-17-27/h6-8,11-13,16,32H,9-10,14-15,17H2,1-5H3,(H,30,34)/b31-20+. The highest BCUT2D eigenvalue weighted by molar-refractivity contribution is 6.05. The predicted octanol–water partition coefficient (Wildman–Crippen LogP) is 4.18. The molecular formula is C27H34N6O2. The molecule has 1 unspecified atom stereocenters. The van der Waals surface area contributed by atoms with Gasteiger partial charge in [-0.25, -0.2) is 9.98 Å². The number of amidine groups is 1. The van der Waals surface area contributed by atoms with Gasteiger partial charge in [-0.1, -0.05) is 35.9 Å². The highest BCUT2D eigenvalue weighted by atomic mass is 16.5. The van der Waals surface area contributed by atoms with E-state index in [4.69, 9.17) is 4.74 Å². The van der Waals surface area contributed by atoms with Gasteiger partial charge in [-0.2, -0.15) is 5.10 Å². The zero-order chi connectivity index (χ0) is 25.0. The van der Waals surface area contributed by atoms with Gasteiger partial charge >= 0.3 is 6.02 Å². The fraction of sp³-hybridized carbons (Fsp3) is 0.407. The molecule has 0 spiro atoms. The second-order valence-corrected chi connectivity index (χ2v) is 9.61. The lowest BCUT2D eigenvalue weighted by Crippen LogP contribution is -2.34. The molecule has 2 N–H and O–H groups in total. The smallest absolute Gasteiger partial charge is 0.311 e. The van der Waals surface area contributed by atoms with Crippen molar-refractivity contribution in [1.82, 2.24) is 4.90 Å². The molecule has 0 saturated carbocycles. The van der Waals surface area contributed by atoms with Gasteiger partial charge in [0.05, 0.1) is 31.3 Å². The van der Waals surface area contributed by atoms with Gasteiger partial charge in [-0.15, -0.1) is 0 Å². The number of fused-ring (bicyclic) bond motifs is 1. The number of hydrazone groups is 1. The number of aryl methyl sites for hydroxylation is 2. The van der Waals surface area contributed by atoms with Gasteiger partial charge in [-0.05, 0) is 56.9 Å². The lowest BCUT2D eigenvalue weighted by atomic mass is 9.86. The molecule has 0 bridgehead atoms. The van der Waals surface area contributed by atoms with Gasteiger partial charge in [0.15, 0.2) is 0 Å². The lowest BCUT2D eigenvalue weighted by molar-refractivity contribution is -0.117. The van der Waals surface area contributed by atoms with Gasteiger partial charge in [0.1, 0.15) is 0 Å². The fourth-order valence-corrected chi connectivity index (χ4v) is 4.25. The third kappa shape index (κ3) is 5.95. The van der Waals surface area contributed by atoms with Crippen LogP contribution in [0, 0.1) is 19.3 Å². The monoisotopic (exact) mass is 474 g/mol. The molecule has 8 heteroatoms. The van der Waals surface area contributed by atoms with Gasteiger partial charge in [0.2, 0.25) is 5.91 Å². The first-order chi connectivity index (χ1) is 16.8. The van der Waals surface area contributed by atoms with E-state index in [1.54, 1.807) is 7.11 Å². The van der Waals surface area contributed by atoms with Crippen LogP contribution in [0.2, 0.25) is 0 Å². The van der Waals surface area contributed by atoms with Crippen LogP contribution in [0.5, 0.6) is 0 Å². The molecule has 35 heavy (non-hydrogen) atoms. The summed E-state index contributed by atoms with van der Waals surface area (Å²) in [5.41, 5.74) is 10.1. The SMILES string of the molecule is COC1=NCC(C)(/C(C)=N/Nc2cc3c(cc2C)CN(CCc2cccc(C)c2)CC(=O)N3)C=N1. The molecule has 2 aromatic rings. The lowest BCUT2D eigenvalue weighted by Gasteiger charge is -2.25. The van der Waals surface area contributed by atoms with Gasteiger partial charge < -0.3 is 10.1 Å². The topological polar surface area (TPSA) is 90.7 Å². The number of ether oxygens (including phenoxy) is 1. The first kappa shape index (κ1) is 24.6. The molecule has 0 radical (unpaired) electrons. The molecule has 2 aliphatic heterocycles. The van der Waals surface area contributed by atoms with Crippen LogP contribution < -0.4 is 10.7 Å². The minimum Gasteiger partial charge on any atom is -0.467 e. The molecular weight excluding hydrogens is 440 g/mol. The Bertz CT molecular complexity index is 1200. The van der Waals surface area contributed by atoms with Crippen molar-refractivity contribution in [2.45, 2.75) is 40.7 Å². The van der Waals surface area contributed by atoms with Crippen LogP contribution in [0.15, 0.2) is 51.5 Å². The number of carbonyl (C=O) groups excluding carboxylic acids is 1. The number of nitrogens with one attached hydrogen (secondary N) is 2. The predicted molar refractivity (Wildman–Crippen MR) is 143 cm³/mol. The van der Waals surface area contributed by atoms with Crippen molar-refractivity contribution in [3.8, 4) is 0 Å². The molecule has 1 atom stereocenters.